The average molecular weight is 382 g/mol. The van der Waals surface area contributed by atoms with Gasteiger partial charge in [-0.25, -0.2) is 17.5 Å². The van der Waals surface area contributed by atoms with Crippen molar-refractivity contribution in [3.8, 4) is 0 Å². The molecule has 0 fully saturated rings. The maximum Gasteiger partial charge on any atom is 0.242 e. The maximum absolute atomic E-state index is 13.3. The molecule has 1 amide bonds. The Kier molecular flexibility index (Phi) is 5.35. The second-order valence-electron chi connectivity index (χ2n) is 5.09. The first-order chi connectivity index (χ1) is 9.51. The zero-order valence-electron chi connectivity index (χ0n) is 11.8. The number of halogens is 2. The Balaban J connectivity index is 3.03. The van der Waals surface area contributed by atoms with Gasteiger partial charge in [-0.15, -0.1) is 0 Å². The highest BCUT2D eigenvalue weighted by molar-refractivity contribution is 9.10. The smallest absolute Gasteiger partial charge is 0.242 e. The molecule has 21 heavy (non-hydrogen) atoms. The molecule has 0 saturated carbocycles. The quantitative estimate of drug-likeness (QED) is 0.667. The van der Waals surface area contributed by atoms with Gasteiger partial charge in [-0.1, -0.05) is 0 Å². The van der Waals surface area contributed by atoms with Crippen molar-refractivity contribution in [3.63, 3.8) is 0 Å². The number of nitrogens with two attached hydrogens (primary N) is 1. The fourth-order valence-corrected chi connectivity index (χ4v) is 3.39. The third-order valence-corrected chi connectivity index (χ3v) is 4.95. The zero-order chi connectivity index (χ0) is 16.4. The molecule has 0 unspecified atom stereocenters. The Morgan fingerprint density at radius 3 is 2.52 bits per heavy atom. The van der Waals surface area contributed by atoms with Crippen molar-refractivity contribution in [2.24, 2.45) is 5.41 Å². The molecule has 0 saturated heterocycles. The van der Waals surface area contributed by atoms with E-state index in [1.54, 1.807) is 13.8 Å². The Bertz CT molecular complexity index is 662. The van der Waals surface area contributed by atoms with Crippen molar-refractivity contribution in [2.45, 2.75) is 18.7 Å². The number of hydrogen-bond acceptors (Lipinski definition) is 4. The van der Waals surface area contributed by atoms with E-state index >= 15 is 0 Å². The highest BCUT2D eigenvalue weighted by Gasteiger charge is 2.29. The predicted octanol–water partition coefficient (Wildman–Crippen LogP) is 1.22. The van der Waals surface area contributed by atoms with E-state index in [-0.39, 0.29) is 27.5 Å². The number of carbonyl (C=O) groups excluding carboxylic acids is 1. The summed E-state index contributed by atoms with van der Waals surface area (Å²) in [5.41, 5.74) is 4.40. The summed E-state index contributed by atoms with van der Waals surface area (Å²) in [6, 6.07) is 2.00. The van der Waals surface area contributed by atoms with Gasteiger partial charge in [0.2, 0.25) is 15.9 Å². The molecule has 0 spiro atoms. The Morgan fingerprint density at radius 2 is 2.00 bits per heavy atom. The van der Waals surface area contributed by atoms with E-state index in [4.69, 9.17) is 5.73 Å². The van der Waals surface area contributed by atoms with Gasteiger partial charge < -0.3 is 11.1 Å². The summed E-state index contributed by atoms with van der Waals surface area (Å²) < 4.78 is 40.0. The average Bonchev–Trinajstić information content (AvgIpc) is 2.39. The van der Waals surface area contributed by atoms with Gasteiger partial charge in [0.1, 0.15) is 10.7 Å². The predicted molar refractivity (Wildman–Crippen MR) is 81.5 cm³/mol. The van der Waals surface area contributed by atoms with Crippen LogP contribution in [0.3, 0.4) is 0 Å². The van der Waals surface area contributed by atoms with Gasteiger partial charge in [0.05, 0.1) is 15.6 Å². The fraction of sp³-hybridized carbons (Fsp3) is 0.417. The van der Waals surface area contributed by atoms with Crippen LogP contribution in [-0.4, -0.2) is 27.9 Å². The molecule has 0 aromatic heterocycles. The zero-order valence-corrected chi connectivity index (χ0v) is 14.2. The minimum Gasteiger partial charge on any atom is -0.398 e. The third-order valence-electron chi connectivity index (χ3n) is 2.89. The van der Waals surface area contributed by atoms with E-state index in [1.807, 2.05) is 0 Å². The van der Waals surface area contributed by atoms with Gasteiger partial charge in [-0.05, 0) is 41.9 Å². The molecule has 9 heteroatoms. The van der Waals surface area contributed by atoms with Crippen molar-refractivity contribution in [2.75, 3.05) is 19.3 Å². The van der Waals surface area contributed by atoms with E-state index < -0.39 is 21.3 Å². The first kappa shape index (κ1) is 17.9. The van der Waals surface area contributed by atoms with Crippen LogP contribution in [0.4, 0.5) is 10.1 Å². The van der Waals surface area contributed by atoms with Gasteiger partial charge in [0, 0.05) is 13.6 Å². The highest BCUT2D eigenvalue weighted by Crippen LogP contribution is 2.26. The van der Waals surface area contributed by atoms with Crippen LogP contribution < -0.4 is 15.8 Å². The number of carbonyl (C=O) groups is 1. The lowest BCUT2D eigenvalue weighted by Gasteiger charge is -2.23. The van der Waals surface area contributed by atoms with Crippen LogP contribution >= 0.6 is 15.9 Å². The van der Waals surface area contributed by atoms with Crippen molar-refractivity contribution in [1.29, 1.82) is 0 Å². The molecular weight excluding hydrogens is 365 g/mol. The maximum atomic E-state index is 13.3. The Labute approximate surface area is 131 Å². The second-order valence-corrected chi connectivity index (χ2v) is 7.68. The van der Waals surface area contributed by atoms with Crippen LogP contribution in [0, 0.1) is 11.2 Å². The van der Waals surface area contributed by atoms with E-state index in [2.05, 4.69) is 26.0 Å². The summed E-state index contributed by atoms with van der Waals surface area (Å²) in [5.74, 6) is -0.962. The first-order valence-electron chi connectivity index (χ1n) is 5.97. The molecule has 4 N–H and O–H groups in total. The molecule has 0 aliphatic carbocycles. The summed E-state index contributed by atoms with van der Waals surface area (Å²) in [5, 5.41) is 2.45. The largest absolute Gasteiger partial charge is 0.398 e. The molecule has 0 aliphatic rings. The van der Waals surface area contributed by atoms with Gasteiger partial charge in [0.15, 0.2) is 0 Å². The van der Waals surface area contributed by atoms with Crippen LogP contribution in [0.1, 0.15) is 13.8 Å². The summed E-state index contributed by atoms with van der Waals surface area (Å²) in [6.07, 6.45) is 0. The summed E-state index contributed by atoms with van der Waals surface area (Å²) >= 11 is 2.91. The van der Waals surface area contributed by atoms with Crippen LogP contribution in [0.5, 0.6) is 0 Å². The molecule has 1 rings (SSSR count). The molecule has 0 radical (unpaired) electrons. The Hall–Kier alpha value is -1.19. The number of amides is 1. The molecule has 0 heterocycles. The second kappa shape index (κ2) is 6.29. The lowest BCUT2D eigenvalue weighted by Crippen LogP contribution is -2.43. The Morgan fingerprint density at radius 1 is 1.43 bits per heavy atom. The normalized spacial score (nSPS) is 12.2. The molecular formula is C12H17BrFN3O3S. The number of benzene rings is 1. The number of nitrogen functional groups attached to an aromatic ring is 1. The molecule has 0 bridgehead atoms. The summed E-state index contributed by atoms with van der Waals surface area (Å²) in [7, 11) is -2.49. The van der Waals surface area contributed by atoms with Crippen molar-refractivity contribution < 1.29 is 17.6 Å². The first-order valence-corrected chi connectivity index (χ1v) is 8.25. The van der Waals surface area contributed by atoms with Crippen LogP contribution in [0.2, 0.25) is 0 Å². The van der Waals surface area contributed by atoms with E-state index in [0.717, 1.165) is 12.1 Å². The lowest BCUT2D eigenvalue weighted by molar-refractivity contribution is -0.128. The third kappa shape index (κ3) is 4.14. The van der Waals surface area contributed by atoms with Crippen molar-refractivity contribution >= 4 is 37.5 Å². The molecule has 0 aliphatic heterocycles. The fourth-order valence-electron chi connectivity index (χ4n) is 1.55. The minimum absolute atomic E-state index is 0.0114. The lowest BCUT2D eigenvalue weighted by atomic mass is 9.93. The van der Waals surface area contributed by atoms with Gasteiger partial charge in [-0.3, -0.25) is 4.79 Å². The van der Waals surface area contributed by atoms with Crippen LogP contribution in [-0.2, 0) is 14.8 Å². The van der Waals surface area contributed by atoms with Gasteiger partial charge in [-0.2, -0.15) is 0 Å². The van der Waals surface area contributed by atoms with E-state index in [0.29, 0.717) is 0 Å². The summed E-state index contributed by atoms with van der Waals surface area (Å²) in [4.78, 5) is 11.4. The molecule has 118 valence electrons. The SMILES string of the molecule is CNC(=O)C(C)(C)CNS(=O)(=O)c1cc(Br)c(F)cc1N. The number of sulfonamides is 1. The number of nitrogens with one attached hydrogen (secondary N) is 2. The van der Waals surface area contributed by atoms with Crippen molar-refractivity contribution in [3.05, 3.63) is 22.4 Å². The number of rotatable bonds is 5. The monoisotopic (exact) mass is 381 g/mol. The topological polar surface area (TPSA) is 101 Å². The standard InChI is InChI=1S/C12H17BrFN3O3S/c1-12(2,11(18)16-3)6-17-21(19,20)10-4-7(13)8(14)5-9(10)15/h4-5,17H,6,15H2,1-3H3,(H,16,18). The highest BCUT2D eigenvalue weighted by atomic mass is 79.9. The van der Waals surface area contributed by atoms with Crippen LogP contribution in [0.15, 0.2) is 21.5 Å². The van der Waals surface area contributed by atoms with E-state index in [9.17, 15) is 17.6 Å². The molecule has 0 atom stereocenters. The van der Waals surface area contributed by atoms with E-state index in [1.165, 1.54) is 7.05 Å². The van der Waals surface area contributed by atoms with Gasteiger partial charge in [0.25, 0.3) is 0 Å². The van der Waals surface area contributed by atoms with Gasteiger partial charge >= 0.3 is 0 Å². The van der Waals surface area contributed by atoms with Crippen LogP contribution in [0.25, 0.3) is 0 Å². The summed E-state index contributed by atoms with van der Waals surface area (Å²) in [6.45, 7) is 3.07. The number of anilines is 1. The molecule has 1 aromatic rings. The van der Waals surface area contributed by atoms with Crippen molar-refractivity contribution in [1.82, 2.24) is 10.0 Å². The molecule has 1 aromatic carbocycles. The number of hydrogen-bond donors (Lipinski definition) is 3. The molecule has 6 nitrogen and oxygen atoms in total. The minimum atomic E-state index is -3.96.